The lowest BCUT2D eigenvalue weighted by Gasteiger charge is -2.27. The highest BCUT2D eigenvalue weighted by atomic mass is 16.1. The summed E-state index contributed by atoms with van der Waals surface area (Å²) < 4.78 is 0. The van der Waals surface area contributed by atoms with Crippen LogP contribution in [0.2, 0.25) is 0 Å². The van der Waals surface area contributed by atoms with Gasteiger partial charge in [0.25, 0.3) is 5.56 Å². The Hall–Kier alpha value is -1.32. The second-order valence-corrected chi connectivity index (χ2v) is 6.15. The van der Waals surface area contributed by atoms with Crippen molar-refractivity contribution >= 4 is 5.82 Å². The number of aromatic nitrogens is 2. The molecule has 4 nitrogen and oxygen atoms in total. The fourth-order valence-corrected chi connectivity index (χ4v) is 3.06. The molecule has 0 aromatic carbocycles. The first kappa shape index (κ1) is 12.7. The van der Waals surface area contributed by atoms with Crippen molar-refractivity contribution in [2.24, 2.45) is 5.92 Å². The van der Waals surface area contributed by atoms with E-state index in [-0.39, 0.29) is 5.56 Å². The number of rotatable bonds is 4. The van der Waals surface area contributed by atoms with Crippen molar-refractivity contribution in [1.29, 1.82) is 0 Å². The lowest BCUT2D eigenvalue weighted by molar-refractivity contribution is 0.361. The summed E-state index contributed by atoms with van der Waals surface area (Å²) in [6, 6.07) is 1.63. The molecule has 3 rings (SSSR count). The van der Waals surface area contributed by atoms with Crippen molar-refractivity contribution < 1.29 is 0 Å². The van der Waals surface area contributed by atoms with Gasteiger partial charge in [0, 0.05) is 25.6 Å². The maximum atomic E-state index is 11.7. The van der Waals surface area contributed by atoms with E-state index in [0.717, 1.165) is 24.1 Å². The Morgan fingerprint density at radius 3 is 2.68 bits per heavy atom. The molecule has 0 radical (unpaired) electrons. The highest BCUT2D eigenvalue weighted by molar-refractivity contribution is 5.37. The van der Waals surface area contributed by atoms with E-state index < -0.39 is 0 Å². The van der Waals surface area contributed by atoms with Gasteiger partial charge in [0.1, 0.15) is 11.6 Å². The van der Waals surface area contributed by atoms with Gasteiger partial charge in [-0.2, -0.15) is 0 Å². The summed E-state index contributed by atoms with van der Waals surface area (Å²) >= 11 is 0. The minimum atomic E-state index is -0.0117. The normalized spacial score (nSPS) is 20.5. The van der Waals surface area contributed by atoms with Gasteiger partial charge in [-0.15, -0.1) is 0 Å². The predicted molar refractivity (Wildman–Crippen MR) is 76.7 cm³/mol. The Bertz CT molecular complexity index is 486. The van der Waals surface area contributed by atoms with Crippen LogP contribution >= 0.6 is 0 Å². The van der Waals surface area contributed by atoms with E-state index in [1.165, 1.54) is 44.9 Å². The van der Waals surface area contributed by atoms with Crippen molar-refractivity contribution in [1.82, 2.24) is 9.97 Å². The molecule has 0 atom stereocenters. The quantitative estimate of drug-likeness (QED) is 0.906. The van der Waals surface area contributed by atoms with Crippen molar-refractivity contribution in [3.63, 3.8) is 0 Å². The summed E-state index contributed by atoms with van der Waals surface area (Å²) in [5.41, 5.74) is -0.0117. The largest absolute Gasteiger partial charge is 0.359 e. The molecular formula is C15H23N3O. The monoisotopic (exact) mass is 261 g/mol. The fraction of sp³-hybridized carbons (Fsp3) is 0.733. The number of nitrogens with zero attached hydrogens (tertiary/aromatic N) is 2. The van der Waals surface area contributed by atoms with Crippen LogP contribution in [0.15, 0.2) is 10.9 Å². The lowest BCUT2D eigenvalue weighted by Crippen LogP contribution is -2.29. The highest BCUT2D eigenvalue weighted by Crippen LogP contribution is 2.38. The second-order valence-electron chi connectivity index (χ2n) is 6.15. The molecule has 0 spiro atoms. The first-order valence-corrected chi connectivity index (χ1v) is 7.55. The van der Waals surface area contributed by atoms with E-state index in [0.29, 0.717) is 5.92 Å². The Morgan fingerprint density at radius 2 is 2.00 bits per heavy atom. The Morgan fingerprint density at radius 1 is 1.26 bits per heavy atom. The molecule has 0 saturated heterocycles. The van der Waals surface area contributed by atoms with Gasteiger partial charge < -0.3 is 9.88 Å². The molecule has 1 aromatic rings. The number of nitrogens with one attached hydrogen (secondary N) is 1. The zero-order valence-corrected chi connectivity index (χ0v) is 11.7. The molecule has 104 valence electrons. The summed E-state index contributed by atoms with van der Waals surface area (Å²) in [7, 11) is 2.06. The van der Waals surface area contributed by atoms with E-state index in [1.807, 2.05) is 0 Å². The molecule has 0 bridgehead atoms. The molecule has 1 N–H and O–H groups in total. The number of H-pyrrole nitrogens is 1. The van der Waals surface area contributed by atoms with Crippen LogP contribution in [0.3, 0.4) is 0 Å². The molecule has 2 aliphatic carbocycles. The summed E-state index contributed by atoms with van der Waals surface area (Å²) in [5.74, 6) is 2.99. The topological polar surface area (TPSA) is 49.0 Å². The van der Waals surface area contributed by atoms with Crippen LogP contribution in [0, 0.1) is 5.92 Å². The number of aromatic amines is 1. The maximum absolute atomic E-state index is 11.7. The van der Waals surface area contributed by atoms with E-state index in [1.54, 1.807) is 6.07 Å². The van der Waals surface area contributed by atoms with Crippen LogP contribution in [-0.4, -0.2) is 23.6 Å². The van der Waals surface area contributed by atoms with Gasteiger partial charge in [0.05, 0.1) is 0 Å². The van der Waals surface area contributed by atoms with Gasteiger partial charge in [0.2, 0.25) is 0 Å². The molecule has 0 amide bonds. The third-order valence-electron chi connectivity index (χ3n) is 4.36. The molecule has 1 aromatic heterocycles. The Labute approximate surface area is 114 Å². The molecule has 19 heavy (non-hydrogen) atoms. The predicted octanol–water partition coefficient (Wildman–Crippen LogP) is 2.66. The van der Waals surface area contributed by atoms with E-state index in [4.69, 9.17) is 0 Å². The summed E-state index contributed by atoms with van der Waals surface area (Å²) in [6.07, 6.45) is 9.07. The van der Waals surface area contributed by atoms with Crippen LogP contribution in [0.25, 0.3) is 0 Å². The number of hydrogen-bond acceptors (Lipinski definition) is 3. The standard InChI is InChI=1S/C15H23N3O/c1-18(10-11-5-3-2-4-6-11)13-9-14(19)17-15(16-13)12-7-8-12/h9,11-12H,2-8,10H2,1H3,(H,16,17,19). The number of hydrogen-bond donors (Lipinski definition) is 1. The molecular weight excluding hydrogens is 238 g/mol. The van der Waals surface area contributed by atoms with Gasteiger partial charge in [-0.05, 0) is 31.6 Å². The van der Waals surface area contributed by atoms with E-state index >= 15 is 0 Å². The van der Waals surface area contributed by atoms with Crippen LogP contribution in [-0.2, 0) is 0 Å². The number of anilines is 1. The van der Waals surface area contributed by atoms with Crippen LogP contribution in [0.1, 0.15) is 56.7 Å². The minimum absolute atomic E-state index is 0.0117. The molecule has 1 heterocycles. The van der Waals surface area contributed by atoms with E-state index in [9.17, 15) is 4.79 Å². The average Bonchev–Trinajstić information content (AvgIpc) is 3.23. The summed E-state index contributed by atoms with van der Waals surface area (Å²) in [6.45, 7) is 1.03. The van der Waals surface area contributed by atoms with Gasteiger partial charge in [-0.3, -0.25) is 4.79 Å². The Balaban J connectivity index is 1.71. The first-order valence-electron chi connectivity index (χ1n) is 7.55. The zero-order chi connectivity index (χ0) is 13.2. The molecule has 2 aliphatic rings. The smallest absolute Gasteiger partial charge is 0.252 e. The van der Waals surface area contributed by atoms with E-state index in [2.05, 4.69) is 21.9 Å². The van der Waals surface area contributed by atoms with Crippen molar-refractivity contribution in [3.8, 4) is 0 Å². The van der Waals surface area contributed by atoms with Crippen molar-refractivity contribution in [2.45, 2.75) is 50.9 Å². The lowest BCUT2D eigenvalue weighted by atomic mass is 9.89. The van der Waals surface area contributed by atoms with Gasteiger partial charge in [-0.1, -0.05) is 19.3 Å². The third-order valence-corrected chi connectivity index (χ3v) is 4.36. The van der Waals surface area contributed by atoms with Crippen LogP contribution < -0.4 is 10.5 Å². The molecule has 2 saturated carbocycles. The highest BCUT2D eigenvalue weighted by Gasteiger charge is 2.27. The average molecular weight is 261 g/mol. The second kappa shape index (κ2) is 5.35. The van der Waals surface area contributed by atoms with Gasteiger partial charge in [0.15, 0.2) is 0 Å². The Kier molecular flexibility index (Phi) is 3.58. The zero-order valence-electron chi connectivity index (χ0n) is 11.7. The van der Waals surface area contributed by atoms with Crippen molar-refractivity contribution in [2.75, 3.05) is 18.5 Å². The molecule has 4 heteroatoms. The molecule has 0 unspecified atom stereocenters. The van der Waals surface area contributed by atoms with Gasteiger partial charge in [-0.25, -0.2) is 4.98 Å². The summed E-state index contributed by atoms with van der Waals surface area (Å²) in [5, 5.41) is 0. The van der Waals surface area contributed by atoms with Crippen molar-refractivity contribution in [3.05, 3.63) is 22.2 Å². The fourth-order valence-electron chi connectivity index (χ4n) is 3.06. The molecule has 0 aliphatic heterocycles. The minimum Gasteiger partial charge on any atom is -0.359 e. The maximum Gasteiger partial charge on any atom is 0.252 e. The first-order chi connectivity index (χ1) is 9.22. The SMILES string of the molecule is CN(CC1CCCCC1)c1cc(=O)[nH]c(C2CC2)n1. The van der Waals surface area contributed by atoms with Crippen LogP contribution in [0.5, 0.6) is 0 Å². The van der Waals surface area contributed by atoms with Crippen LogP contribution in [0.4, 0.5) is 5.82 Å². The van der Waals surface area contributed by atoms with Gasteiger partial charge >= 0.3 is 0 Å². The third kappa shape index (κ3) is 3.17. The molecule has 2 fully saturated rings. The summed E-state index contributed by atoms with van der Waals surface area (Å²) in [4.78, 5) is 21.4.